The van der Waals surface area contributed by atoms with Crippen LogP contribution in [0.15, 0.2) is 35.4 Å². The molecule has 6 heteroatoms. The first-order valence-corrected chi connectivity index (χ1v) is 9.54. The van der Waals surface area contributed by atoms with Gasteiger partial charge in [0, 0.05) is 26.2 Å². The smallest absolute Gasteiger partial charge is 0.264 e. The second-order valence-corrected chi connectivity index (χ2v) is 7.01. The van der Waals surface area contributed by atoms with E-state index >= 15 is 0 Å². The summed E-state index contributed by atoms with van der Waals surface area (Å²) in [5.41, 5.74) is 1.56. The Balaban J connectivity index is 1.82. The fraction of sp³-hybridized carbons (Fsp3) is 0.364. The van der Waals surface area contributed by atoms with E-state index in [1.807, 2.05) is 12.1 Å². The molecule has 0 radical (unpaired) electrons. The zero-order chi connectivity index (χ0) is 19.9. The highest BCUT2D eigenvalue weighted by atomic mass is 16.2. The summed E-state index contributed by atoms with van der Waals surface area (Å²) >= 11 is 0. The monoisotopic (exact) mass is 374 g/mol. The Morgan fingerprint density at radius 2 is 1.18 bits per heavy atom. The van der Waals surface area contributed by atoms with Crippen molar-refractivity contribution >= 4 is 24.0 Å². The van der Waals surface area contributed by atoms with Crippen molar-refractivity contribution in [3.05, 3.63) is 46.5 Å². The van der Waals surface area contributed by atoms with Crippen LogP contribution in [0.2, 0.25) is 0 Å². The van der Waals surface area contributed by atoms with Crippen molar-refractivity contribution in [1.29, 1.82) is 10.5 Å². The second-order valence-electron chi connectivity index (χ2n) is 7.01. The third kappa shape index (κ3) is 4.47. The van der Waals surface area contributed by atoms with Gasteiger partial charge in [0.2, 0.25) is 0 Å². The number of benzene rings is 1. The lowest BCUT2D eigenvalue weighted by Crippen LogP contribution is -2.28. The quantitative estimate of drug-likeness (QED) is 0.599. The molecular formula is C22H22N4O2. The summed E-state index contributed by atoms with van der Waals surface area (Å²) in [5, 5.41) is 18.8. The van der Waals surface area contributed by atoms with E-state index in [1.165, 1.54) is 0 Å². The van der Waals surface area contributed by atoms with Gasteiger partial charge in [-0.15, -0.1) is 0 Å². The number of hydrogen-bond acceptors (Lipinski definition) is 4. The van der Waals surface area contributed by atoms with Gasteiger partial charge in [0.1, 0.15) is 23.3 Å². The fourth-order valence-corrected chi connectivity index (χ4v) is 3.54. The van der Waals surface area contributed by atoms with Gasteiger partial charge in [-0.3, -0.25) is 9.59 Å². The van der Waals surface area contributed by atoms with Crippen LogP contribution in [-0.2, 0) is 9.59 Å². The Kier molecular flexibility index (Phi) is 6.24. The summed E-state index contributed by atoms with van der Waals surface area (Å²) in [7, 11) is 0. The highest BCUT2D eigenvalue weighted by Gasteiger charge is 2.22. The highest BCUT2D eigenvalue weighted by Crippen LogP contribution is 2.18. The molecule has 2 fully saturated rings. The molecule has 0 atom stereocenters. The molecule has 142 valence electrons. The van der Waals surface area contributed by atoms with Crippen LogP contribution in [0.4, 0.5) is 0 Å². The lowest BCUT2D eigenvalue weighted by molar-refractivity contribution is -0.126. The molecule has 3 rings (SSSR count). The molecule has 0 aliphatic carbocycles. The summed E-state index contributed by atoms with van der Waals surface area (Å²) in [6.07, 6.45) is 6.98. The first kappa shape index (κ1) is 19.4. The zero-order valence-corrected chi connectivity index (χ0v) is 15.7. The van der Waals surface area contributed by atoms with Crippen molar-refractivity contribution in [1.82, 2.24) is 9.80 Å². The van der Waals surface area contributed by atoms with Crippen molar-refractivity contribution < 1.29 is 9.59 Å². The minimum absolute atomic E-state index is 0.0941. The molecule has 0 bridgehead atoms. The van der Waals surface area contributed by atoms with Gasteiger partial charge in [-0.2, -0.15) is 10.5 Å². The minimum atomic E-state index is -0.247. The number of nitrogens with zero attached hydrogens (tertiary/aromatic N) is 4. The van der Waals surface area contributed by atoms with E-state index in [4.69, 9.17) is 0 Å². The van der Waals surface area contributed by atoms with Gasteiger partial charge in [0.05, 0.1) is 0 Å². The van der Waals surface area contributed by atoms with Crippen molar-refractivity contribution in [2.45, 2.75) is 25.7 Å². The molecule has 2 aliphatic heterocycles. The van der Waals surface area contributed by atoms with Crippen LogP contribution in [0.3, 0.4) is 0 Å². The number of amides is 2. The highest BCUT2D eigenvalue weighted by molar-refractivity contribution is 6.03. The van der Waals surface area contributed by atoms with Gasteiger partial charge in [-0.25, -0.2) is 0 Å². The lowest BCUT2D eigenvalue weighted by Gasteiger charge is -2.14. The van der Waals surface area contributed by atoms with Crippen LogP contribution in [0, 0.1) is 22.7 Å². The van der Waals surface area contributed by atoms with Gasteiger partial charge in [-0.1, -0.05) is 18.2 Å². The van der Waals surface area contributed by atoms with E-state index in [2.05, 4.69) is 0 Å². The SMILES string of the molecule is N#C/C(=C\c1cccc(/C=C(\C#N)C(=O)N2CCCC2)c1)C(=O)N1CCCC1. The summed E-state index contributed by atoms with van der Waals surface area (Å²) in [5.74, 6) is -0.495. The Morgan fingerprint density at radius 1 is 0.786 bits per heavy atom. The minimum Gasteiger partial charge on any atom is -0.338 e. The van der Waals surface area contributed by atoms with Crippen LogP contribution in [0.25, 0.3) is 12.2 Å². The molecule has 0 saturated carbocycles. The predicted octanol–water partition coefficient (Wildman–Crippen LogP) is 2.75. The van der Waals surface area contributed by atoms with Crippen LogP contribution in [0.5, 0.6) is 0 Å². The maximum absolute atomic E-state index is 12.5. The number of likely N-dealkylation sites (tertiary alicyclic amines) is 2. The van der Waals surface area contributed by atoms with Crippen LogP contribution < -0.4 is 0 Å². The molecule has 2 heterocycles. The summed E-state index contributed by atoms with van der Waals surface area (Å²) in [6, 6.07) is 11.1. The number of rotatable bonds is 4. The molecule has 1 aromatic carbocycles. The molecule has 28 heavy (non-hydrogen) atoms. The van der Waals surface area contributed by atoms with Crippen molar-refractivity contribution in [3.8, 4) is 12.1 Å². The van der Waals surface area contributed by atoms with E-state index in [9.17, 15) is 20.1 Å². The molecule has 0 unspecified atom stereocenters. The lowest BCUT2D eigenvalue weighted by atomic mass is 10.1. The van der Waals surface area contributed by atoms with Crippen LogP contribution in [-0.4, -0.2) is 47.8 Å². The summed E-state index contributed by atoms with van der Waals surface area (Å²) < 4.78 is 0. The van der Waals surface area contributed by atoms with Gasteiger partial charge < -0.3 is 9.80 Å². The van der Waals surface area contributed by atoms with E-state index in [0.29, 0.717) is 37.3 Å². The average molecular weight is 374 g/mol. The number of nitriles is 2. The molecule has 0 aromatic heterocycles. The molecule has 1 aromatic rings. The number of carbonyl (C=O) groups excluding carboxylic acids is 2. The maximum Gasteiger partial charge on any atom is 0.264 e. The predicted molar refractivity (Wildman–Crippen MR) is 105 cm³/mol. The van der Waals surface area contributed by atoms with Gasteiger partial charge >= 0.3 is 0 Å². The topological polar surface area (TPSA) is 88.2 Å². The van der Waals surface area contributed by atoms with Crippen molar-refractivity contribution in [2.24, 2.45) is 0 Å². The van der Waals surface area contributed by atoms with Crippen LogP contribution >= 0.6 is 0 Å². The first-order chi connectivity index (χ1) is 13.6. The number of carbonyl (C=O) groups is 2. The Bertz CT molecular complexity index is 834. The van der Waals surface area contributed by atoms with E-state index in [-0.39, 0.29) is 23.0 Å². The molecule has 2 amide bonds. The Labute approximate surface area is 165 Å². The Morgan fingerprint density at radius 3 is 1.54 bits per heavy atom. The molecule has 2 saturated heterocycles. The van der Waals surface area contributed by atoms with Gasteiger partial charge in [0.25, 0.3) is 11.8 Å². The summed E-state index contributed by atoms with van der Waals surface area (Å²) in [4.78, 5) is 28.3. The molecule has 6 nitrogen and oxygen atoms in total. The van der Waals surface area contributed by atoms with Crippen molar-refractivity contribution in [3.63, 3.8) is 0 Å². The molecular weight excluding hydrogens is 352 g/mol. The average Bonchev–Trinajstić information content (AvgIpc) is 3.43. The standard InChI is InChI=1S/C22H22N4O2/c23-15-19(21(27)25-8-1-2-9-25)13-17-6-5-7-18(12-17)14-20(16-24)22(28)26-10-3-4-11-26/h5-7,12-14H,1-4,8-11H2/b19-13+,20-14+. The normalized spacial score (nSPS) is 17.4. The van der Waals surface area contributed by atoms with Gasteiger partial charge in [-0.05, 0) is 55.0 Å². The second kappa shape index (κ2) is 9.01. The maximum atomic E-state index is 12.5. The Hall–Kier alpha value is -3.38. The van der Waals surface area contributed by atoms with E-state index < -0.39 is 0 Å². The molecule has 2 aliphatic rings. The fourth-order valence-electron chi connectivity index (χ4n) is 3.54. The zero-order valence-electron chi connectivity index (χ0n) is 15.7. The largest absolute Gasteiger partial charge is 0.338 e. The van der Waals surface area contributed by atoms with Gasteiger partial charge in [0.15, 0.2) is 0 Å². The van der Waals surface area contributed by atoms with Crippen molar-refractivity contribution in [2.75, 3.05) is 26.2 Å². The summed E-state index contributed by atoms with van der Waals surface area (Å²) in [6.45, 7) is 2.74. The number of hydrogen-bond donors (Lipinski definition) is 0. The third-order valence-electron chi connectivity index (χ3n) is 5.02. The molecule has 0 spiro atoms. The molecule has 0 N–H and O–H groups in total. The third-order valence-corrected chi connectivity index (χ3v) is 5.02. The first-order valence-electron chi connectivity index (χ1n) is 9.54. The van der Waals surface area contributed by atoms with E-state index in [0.717, 1.165) is 25.7 Å². The van der Waals surface area contributed by atoms with E-state index in [1.54, 1.807) is 46.2 Å². The van der Waals surface area contributed by atoms with Crippen LogP contribution in [0.1, 0.15) is 36.8 Å².